The van der Waals surface area contributed by atoms with Gasteiger partial charge in [-0.2, -0.15) is 0 Å². The molecular weight excluding hydrogens is 328 g/mol. The molecule has 5 nitrogen and oxygen atoms in total. The highest BCUT2D eigenvalue weighted by atomic mass is 16.7. The second-order valence-corrected chi connectivity index (χ2v) is 6.77. The third kappa shape index (κ3) is 2.69. The Bertz CT molecular complexity index is 793. The highest BCUT2D eigenvalue weighted by molar-refractivity contribution is 6.23. The number of hydroxylamine groups is 1. The van der Waals surface area contributed by atoms with Crippen LogP contribution in [0.25, 0.3) is 0 Å². The maximum absolute atomic E-state index is 13.1. The predicted octanol–water partition coefficient (Wildman–Crippen LogP) is 3.56. The van der Waals surface area contributed by atoms with Gasteiger partial charge in [-0.1, -0.05) is 56.2 Å². The SMILES string of the molecule is CCCC[C@H]1[C@@H]2C(=O)N(c3ccccc3)C(=O)[C@@H]2ON1c1ccccc1. The third-order valence-corrected chi connectivity index (χ3v) is 5.12. The zero-order chi connectivity index (χ0) is 18.1. The predicted molar refractivity (Wildman–Crippen MR) is 99.5 cm³/mol. The summed E-state index contributed by atoms with van der Waals surface area (Å²) < 4.78 is 0. The summed E-state index contributed by atoms with van der Waals surface area (Å²) in [4.78, 5) is 33.4. The molecule has 26 heavy (non-hydrogen) atoms. The van der Waals surface area contributed by atoms with E-state index >= 15 is 0 Å². The first-order valence-electron chi connectivity index (χ1n) is 9.16. The molecule has 2 aliphatic heterocycles. The van der Waals surface area contributed by atoms with Crippen LogP contribution in [0, 0.1) is 5.92 Å². The van der Waals surface area contributed by atoms with Crippen molar-refractivity contribution in [1.82, 2.24) is 0 Å². The molecule has 0 radical (unpaired) electrons. The monoisotopic (exact) mass is 350 g/mol. The second-order valence-electron chi connectivity index (χ2n) is 6.77. The van der Waals surface area contributed by atoms with E-state index in [2.05, 4.69) is 6.92 Å². The Morgan fingerprint density at radius 1 is 0.885 bits per heavy atom. The van der Waals surface area contributed by atoms with Crippen molar-refractivity contribution < 1.29 is 14.4 Å². The Kier molecular flexibility index (Phi) is 4.47. The molecule has 0 spiro atoms. The second kappa shape index (κ2) is 6.92. The number of hydrogen-bond donors (Lipinski definition) is 0. The van der Waals surface area contributed by atoms with Gasteiger partial charge in [-0.3, -0.25) is 14.4 Å². The van der Waals surface area contributed by atoms with E-state index in [0.29, 0.717) is 5.69 Å². The molecule has 2 saturated heterocycles. The highest BCUT2D eigenvalue weighted by Crippen LogP contribution is 2.41. The standard InChI is InChI=1S/C21H22N2O3/c1-2-3-14-17-18-19(26-23(17)16-12-8-5-9-13-16)21(25)22(20(18)24)15-10-6-4-7-11-15/h4-13,17-19H,2-3,14H2,1H3/t17-,18-,19+/m0/s1. The molecule has 2 amide bonds. The number of anilines is 2. The number of para-hydroxylation sites is 2. The lowest BCUT2D eigenvalue weighted by Crippen LogP contribution is -2.40. The molecule has 2 aliphatic rings. The number of imide groups is 1. The van der Waals surface area contributed by atoms with Crippen molar-refractivity contribution in [2.24, 2.45) is 5.92 Å². The Morgan fingerprint density at radius 3 is 2.12 bits per heavy atom. The largest absolute Gasteiger partial charge is 0.273 e. The number of hydrogen-bond acceptors (Lipinski definition) is 4. The average Bonchev–Trinajstić information content (AvgIpc) is 3.17. The molecule has 2 fully saturated rings. The molecule has 5 heteroatoms. The summed E-state index contributed by atoms with van der Waals surface area (Å²) in [5.74, 6) is -0.897. The van der Waals surface area contributed by atoms with E-state index in [0.717, 1.165) is 24.9 Å². The molecule has 3 atom stereocenters. The topological polar surface area (TPSA) is 49.9 Å². The van der Waals surface area contributed by atoms with Crippen LogP contribution < -0.4 is 9.96 Å². The number of rotatable bonds is 5. The van der Waals surface area contributed by atoms with Gasteiger partial charge in [0, 0.05) is 0 Å². The van der Waals surface area contributed by atoms with Crippen LogP contribution in [-0.2, 0) is 14.4 Å². The summed E-state index contributed by atoms with van der Waals surface area (Å²) in [7, 11) is 0. The summed E-state index contributed by atoms with van der Waals surface area (Å²) in [6.07, 6.45) is 2.08. The fraction of sp³-hybridized carbons (Fsp3) is 0.333. The summed E-state index contributed by atoms with van der Waals surface area (Å²) in [5.41, 5.74) is 1.50. The number of nitrogens with zero attached hydrogens (tertiary/aromatic N) is 2. The lowest BCUT2D eigenvalue weighted by Gasteiger charge is -2.28. The molecule has 4 rings (SSSR count). The lowest BCUT2D eigenvalue weighted by atomic mass is 9.92. The van der Waals surface area contributed by atoms with E-state index in [9.17, 15) is 9.59 Å². The molecular formula is C21H22N2O3. The number of carbonyl (C=O) groups is 2. The molecule has 0 aliphatic carbocycles. The van der Waals surface area contributed by atoms with Crippen LogP contribution in [0.4, 0.5) is 11.4 Å². The zero-order valence-electron chi connectivity index (χ0n) is 14.7. The van der Waals surface area contributed by atoms with Gasteiger partial charge in [0.05, 0.1) is 23.3 Å². The van der Waals surface area contributed by atoms with Crippen molar-refractivity contribution in [2.75, 3.05) is 9.96 Å². The van der Waals surface area contributed by atoms with Crippen LogP contribution in [0.15, 0.2) is 60.7 Å². The van der Waals surface area contributed by atoms with Crippen molar-refractivity contribution in [3.05, 3.63) is 60.7 Å². The van der Waals surface area contributed by atoms with Gasteiger partial charge in [-0.25, -0.2) is 9.96 Å². The van der Waals surface area contributed by atoms with Crippen LogP contribution >= 0.6 is 0 Å². The van der Waals surface area contributed by atoms with Crippen LogP contribution in [0.1, 0.15) is 26.2 Å². The van der Waals surface area contributed by atoms with Gasteiger partial charge in [0.1, 0.15) is 0 Å². The van der Waals surface area contributed by atoms with E-state index in [1.54, 1.807) is 17.2 Å². The van der Waals surface area contributed by atoms with Crippen LogP contribution in [0.5, 0.6) is 0 Å². The summed E-state index contributed by atoms with van der Waals surface area (Å²) in [6.45, 7) is 2.12. The molecule has 2 aromatic rings. The molecule has 2 heterocycles. The molecule has 0 saturated carbocycles. The maximum Gasteiger partial charge on any atom is 0.266 e. The normalized spacial score (nSPS) is 25.0. The van der Waals surface area contributed by atoms with Gasteiger partial charge in [0.2, 0.25) is 5.91 Å². The van der Waals surface area contributed by atoms with Gasteiger partial charge in [-0.15, -0.1) is 0 Å². The number of amides is 2. The van der Waals surface area contributed by atoms with Crippen LogP contribution in [-0.4, -0.2) is 24.0 Å². The van der Waals surface area contributed by atoms with Gasteiger partial charge in [-0.05, 0) is 30.7 Å². The van der Waals surface area contributed by atoms with Crippen molar-refractivity contribution in [2.45, 2.75) is 38.3 Å². The van der Waals surface area contributed by atoms with Crippen molar-refractivity contribution in [3.63, 3.8) is 0 Å². The Balaban J connectivity index is 1.67. The quantitative estimate of drug-likeness (QED) is 0.774. The van der Waals surface area contributed by atoms with Crippen LogP contribution in [0.2, 0.25) is 0 Å². The van der Waals surface area contributed by atoms with Gasteiger partial charge in [0.15, 0.2) is 6.10 Å². The third-order valence-electron chi connectivity index (χ3n) is 5.12. The lowest BCUT2D eigenvalue weighted by molar-refractivity contribution is -0.126. The van der Waals surface area contributed by atoms with E-state index in [4.69, 9.17) is 4.84 Å². The molecule has 0 N–H and O–H groups in total. The van der Waals surface area contributed by atoms with E-state index < -0.39 is 12.0 Å². The highest BCUT2D eigenvalue weighted by Gasteiger charge is 2.59. The molecule has 2 aromatic carbocycles. The summed E-state index contributed by atoms with van der Waals surface area (Å²) in [6, 6.07) is 18.7. The Labute approximate surface area is 153 Å². The first-order valence-corrected chi connectivity index (χ1v) is 9.16. The molecule has 0 unspecified atom stereocenters. The summed E-state index contributed by atoms with van der Waals surface area (Å²) >= 11 is 0. The molecule has 0 aromatic heterocycles. The molecule has 134 valence electrons. The summed E-state index contributed by atoms with van der Waals surface area (Å²) in [5, 5.41) is 1.78. The minimum absolute atomic E-state index is 0.132. The van der Waals surface area contributed by atoms with Crippen LogP contribution in [0.3, 0.4) is 0 Å². The number of fused-ring (bicyclic) bond motifs is 1. The Hall–Kier alpha value is -2.66. The first-order chi connectivity index (χ1) is 12.7. The smallest absolute Gasteiger partial charge is 0.266 e. The number of carbonyl (C=O) groups excluding carboxylic acids is 2. The first kappa shape index (κ1) is 16.8. The fourth-order valence-electron chi connectivity index (χ4n) is 3.86. The average molecular weight is 350 g/mol. The minimum atomic E-state index is -0.746. The van der Waals surface area contributed by atoms with Gasteiger partial charge in [0.25, 0.3) is 5.91 Å². The Morgan fingerprint density at radius 2 is 1.50 bits per heavy atom. The van der Waals surface area contributed by atoms with Crippen molar-refractivity contribution in [1.29, 1.82) is 0 Å². The van der Waals surface area contributed by atoms with E-state index in [-0.39, 0.29) is 17.9 Å². The van der Waals surface area contributed by atoms with E-state index in [1.165, 1.54) is 4.90 Å². The molecule has 0 bridgehead atoms. The van der Waals surface area contributed by atoms with Gasteiger partial charge < -0.3 is 0 Å². The van der Waals surface area contributed by atoms with E-state index in [1.807, 2.05) is 48.5 Å². The number of unbranched alkanes of at least 4 members (excludes halogenated alkanes) is 1. The number of benzene rings is 2. The fourth-order valence-corrected chi connectivity index (χ4v) is 3.86. The van der Waals surface area contributed by atoms with Crippen molar-refractivity contribution in [3.8, 4) is 0 Å². The maximum atomic E-state index is 13.1. The minimum Gasteiger partial charge on any atom is -0.273 e. The van der Waals surface area contributed by atoms with Gasteiger partial charge >= 0.3 is 0 Å². The zero-order valence-corrected chi connectivity index (χ0v) is 14.7. The van der Waals surface area contributed by atoms with Crippen molar-refractivity contribution >= 4 is 23.2 Å².